The van der Waals surface area contributed by atoms with Gasteiger partial charge >= 0.3 is 0 Å². The summed E-state index contributed by atoms with van der Waals surface area (Å²) >= 11 is 0. The van der Waals surface area contributed by atoms with E-state index in [9.17, 15) is 4.79 Å². The van der Waals surface area contributed by atoms with Gasteiger partial charge < -0.3 is 10.2 Å². The molecular formula is C11H19N3O. The van der Waals surface area contributed by atoms with E-state index < -0.39 is 5.41 Å². The lowest BCUT2D eigenvalue weighted by molar-refractivity contribution is -0.124. The fourth-order valence-corrected chi connectivity index (χ4v) is 1.55. The maximum Gasteiger partial charge on any atom is 0.240 e. The first-order valence-corrected chi connectivity index (χ1v) is 5.60. The predicted molar refractivity (Wildman–Crippen MR) is 58.1 cm³/mol. The molecule has 0 radical (unpaired) electrons. The van der Waals surface area contributed by atoms with Gasteiger partial charge in [0.15, 0.2) is 0 Å². The first-order valence-electron chi connectivity index (χ1n) is 5.60. The Morgan fingerprint density at radius 1 is 1.47 bits per heavy atom. The fourth-order valence-electron chi connectivity index (χ4n) is 1.55. The number of carbonyl (C=O) groups is 1. The lowest BCUT2D eigenvalue weighted by atomic mass is 10.1. The van der Waals surface area contributed by atoms with E-state index in [2.05, 4.69) is 30.1 Å². The molecule has 0 unspecified atom stereocenters. The summed E-state index contributed by atoms with van der Waals surface area (Å²) in [4.78, 5) is 13.8. The summed E-state index contributed by atoms with van der Waals surface area (Å²) in [5.41, 5.74) is -0.677. The van der Waals surface area contributed by atoms with Gasteiger partial charge in [0.05, 0.1) is 6.07 Å². The van der Waals surface area contributed by atoms with Crippen LogP contribution in [0.15, 0.2) is 0 Å². The summed E-state index contributed by atoms with van der Waals surface area (Å²) in [5, 5.41) is 11.6. The number of rotatable bonds is 6. The van der Waals surface area contributed by atoms with Gasteiger partial charge in [0.1, 0.15) is 5.41 Å². The summed E-state index contributed by atoms with van der Waals surface area (Å²) in [5.74, 6) is -0.0860. The minimum absolute atomic E-state index is 0.0860. The van der Waals surface area contributed by atoms with Crippen molar-refractivity contribution in [3.8, 4) is 6.07 Å². The second kappa shape index (κ2) is 5.13. The highest BCUT2D eigenvalue weighted by Crippen LogP contribution is 2.44. The summed E-state index contributed by atoms with van der Waals surface area (Å²) in [6, 6.07) is 2.09. The van der Waals surface area contributed by atoms with Crippen LogP contribution in [0.3, 0.4) is 0 Å². The molecule has 0 heterocycles. The Morgan fingerprint density at radius 3 is 2.47 bits per heavy atom. The van der Waals surface area contributed by atoms with Crippen LogP contribution >= 0.6 is 0 Å². The molecule has 0 bridgehead atoms. The van der Waals surface area contributed by atoms with Crippen LogP contribution in [-0.2, 0) is 4.79 Å². The van der Waals surface area contributed by atoms with E-state index in [-0.39, 0.29) is 5.91 Å². The quantitative estimate of drug-likeness (QED) is 0.702. The molecule has 0 aliphatic heterocycles. The van der Waals surface area contributed by atoms with Gasteiger partial charge in [-0.15, -0.1) is 0 Å². The molecule has 15 heavy (non-hydrogen) atoms. The fraction of sp³-hybridized carbons (Fsp3) is 0.818. The van der Waals surface area contributed by atoms with E-state index in [1.807, 2.05) is 0 Å². The Bertz CT molecular complexity index is 261. The summed E-state index contributed by atoms with van der Waals surface area (Å²) in [6.45, 7) is 7.70. The number of nitrogens with one attached hydrogen (secondary N) is 1. The normalized spacial score (nSPS) is 17.2. The van der Waals surface area contributed by atoms with E-state index in [1.54, 1.807) is 0 Å². The molecule has 1 N–H and O–H groups in total. The SMILES string of the molecule is CCN(CC)CCNC(=O)C1(C#N)CC1. The van der Waals surface area contributed by atoms with E-state index in [0.29, 0.717) is 6.54 Å². The van der Waals surface area contributed by atoms with Crippen LogP contribution in [-0.4, -0.2) is 37.0 Å². The standard InChI is InChI=1S/C11H19N3O/c1-3-14(4-2)8-7-13-10(15)11(9-12)5-6-11/h3-8H2,1-2H3,(H,13,15). The Morgan fingerprint density at radius 2 is 2.07 bits per heavy atom. The Kier molecular flexibility index (Phi) is 4.10. The van der Waals surface area contributed by atoms with Crippen molar-refractivity contribution in [3.05, 3.63) is 0 Å². The second-order valence-corrected chi connectivity index (χ2v) is 3.98. The summed E-state index contributed by atoms with van der Waals surface area (Å²) in [7, 11) is 0. The van der Waals surface area contributed by atoms with Crippen molar-refractivity contribution < 1.29 is 4.79 Å². The molecule has 4 nitrogen and oxygen atoms in total. The number of nitriles is 1. The van der Waals surface area contributed by atoms with E-state index in [4.69, 9.17) is 5.26 Å². The van der Waals surface area contributed by atoms with Crippen LogP contribution in [0, 0.1) is 16.7 Å². The zero-order valence-electron chi connectivity index (χ0n) is 9.55. The minimum atomic E-state index is -0.677. The average molecular weight is 209 g/mol. The van der Waals surface area contributed by atoms with Crippen LogP contribution in [0.25, 0.3) is 0 Å². The number of carbonyl (C=O) groups excluding carboxylic acids is 1. The first-order chi connectivity index (χ1) is 7.18. The Hall–Kier alpha value is -1.08. The smallest absolute Gasteiger partial charge is 0.240 e. The van der Waals surface area contributed by atoms with Gasteiger partial charge in [-0.2, -0.15) is 5.26 Å². The van der Waals surface area contributed by atoms with Gasteiger partial charge in [-0.25, -0.2) is 0 Å². The number of hydrogen-bond donors (Lipinski definition) is 1. The number of hydrogen-bond acceptors (Lipinski definition) is 3. The van der Waals surface area contributed by atoms with Gasteiger partial charge in [0, 0.05) is 13.1 Å². The van der Waals surface area contributed by atoms with Gasteiger partial charge in [-0.05, 0) is 25.9 Å². The van der Waals surface area contributed by atoms with E-state index in [0.717, 1.165) is 32.5 Å². The maximum absolute atomic E-state index is 11.6. The average Bonchev–Trinajstić information content (AvgIpc) is 3.05. The van der Waals surface area contributed by atoms with Crippen LogP contribution in [0.5, 0.6) is 0 Å². The van der Waals surface area contributed by atoms with Crippen LogP contribution in [0.1, 0.15) is 26.7 Å². The molecule has 1 aliphatic rings. The first kappa shape index (κ1) is 12.0. The Balaban J connectivity index is 2.21. The monoisotopic (exact) mass is 209 g/mol. The maximum atomic E-state index is 11.6. The van der Waals surface area contributed by atoms with Crippen LogP contribution in [0.4, 0.5) is 0 Å². The molecule has 0 aromatic rings. The topological polar surface area (TPSA) is 56.1 Å². The van der Waals surface area contributed by atoms with Crippen molar-refractivity contribution >= 4 is 5.91 Å². The lowest BCUT2D eigenvalue weighted by Crippen LogP contribution is -2.38. The Labute approximate surface area is 91.2 Å². The van der Waals surface area contributed by atoms with Crippen molar-refractivity contribution in [1.29, 1.82) is 5.26 Å². The highest BCUT2D eigenvalue weighted by molar-refractivity contribution is 5.88. The van der Waals surface area contributed by atoms with Crippen molar-refractivity contribution in [3.63, 3.8) is 0 Å². The van der Waals surface area contributed by atoms with Gasteiger partial charge in [-0.3, -0.25) is 4.79 Å². The number of likely N-dealkylation sites (N-methyl/N-ethyl adjacent to an activating group) is 1. The molecule has 0 aromatic heterocycles. The van der Waals surface area contributed by atoms with Gasteiger partial charge in [0.2, 0.25) is 5.91 Å². The number of nitrogens with zero attached hydrogens (tertiary/aromatic N) is 2. The highest BCUT2D eigenvalue weighted by atomic mass is 16.2. The molecule has 1 rings (SSSR count). The molecule has 1 saturated carbocycles. The number of amides is 1. The molecule has 1 fully saturated rings. The molecule has 4 heteroatoms. The van der Waals surface area contributed by atoms with Gasteiger partial charge in [0.25, 0.3) is 0 Å². The molecular weight excluding hydrogens is 190 g/mol. The largest absolute Gasteiger partial charge is 0.353 e. The van der Waals surface area contributed by atoms with Crippen LogP contribution in [0.2, 0.25) is 0 Å². The molecule has 1 amide bonds. The molecule has 84 valence electrons. The second-order valence-electron chi connectivity index (χ2n) is 3.98. The minimum Gasteiger partial charge on any atom is -0.353 e. The molecule has 0 aromatic carbocycles. The van der Waals surface area contributed by atoms with E-state index >= 15 is 0 Å². The van der Waals surface area contributed by atoms with Crippen molar-refractivity contribution in [1.82, 2.24) is 10.2 Å². The molecule has 1 aliphatic carbocycles. The van der Waals surface area contributed by atoms with Crippen molar-refractivity contribution in [2.75, 3.05) is 26.2 Å². The third kappa shape index (κ3) is 2.93. The zero-order valence-corrected chi connectivity index (χ0v) is 9.55. The third-order valence-corrected chi connectivity index (χ3v) is 3.01. The van der Waals surface area contributed by atoms with Crippen LogP contribution < -0.4 is 5.32 Å². The summed E-state index contributed by atoms with van der Waals surface area (Å²) < 4.78 is 0. The van der Waals surface area contributed by atoms with Crippen molar-refractivity contribution in [2.24, 2.45) is 5.41 Å². The van der Waals surface area contributed by atoms with Gasteiger partial charge in [-0.1, -0.05) is 13.8 Å². The molecule has 0 saturated heterocycles. The van der Waals surface area contributed by atoms with Crippen molar-refractivity contribution in [2.45, 2.75) is 26.7 Å². The molecule has 0 spiro atoms. The predicted octanol–water partition coefficient (Wildman–Crippen LogP) is 0.748. The van der Waals surface area contributed by atoms with E-state index in [1.165, 1.54) is 0 Å². The lowest BCUT2D eigenvalue weighted by Gasteiger charge is -2.18. The molecule has 0 atom stereocenters. The summed E-state index contributed by atoms with van der Waals surface area (Å²) in [6.07, 6.45) is 1.45. The highest BCUT2D eigenvalue weighted by Gasteiger charge is 2.50. The zero-order chi connectivity index (χ0) is 11.3. The third-order valence-electron chi connectivity index (χ3n) is 3.01.